The van der Waals surface area contributed by atoms with Crippen molar-refractivity contribution in [2.45, 2.75) is 44.4 Å². The molecule has 3 fully saturated rings. The number of carboxylic acid groups (broad SMARTS) is 2. The first kappa shape index (κ1) is 27.4. The normalized spacial score (nSPS) is 22.4. The molecule has 1 aromatic carbocycles. The predicted octanol–water partition coefficient (Wildman–Crippen LogP) is 3.73. The van der Waals surface area contributed by atoms with Crippen LogP contribution in [0.15, 0.2) is 48.7 Å². The Kier molecular flexibility index (Phi) is 8.73. The SMILES string of the molecule is O=C(O)c1cc(C2CC3CCC2CC3CCCOB(O)c2ccc3ccc(C(=O)O)nc3c2)ccn1.[Zn]. The summed E-state index contributed by atoms with van der Waals surface area (Å²) in [5.74, 6) is 0.149. The summed E-state index contributed by atoms with van der Waals surface area (Å²) in [6.07, 6.45) is 8.13. The van der Waals surface area contributed by atoms with Crippen molar-refractivity contribution in [3.63, 3.8) is 0 Å². The zero-order valence-corrected chi connectivity index (χ0v) is 23.6. The van der Waals surface area contributed by atoms with Crippen LogP contribution in [0.25, 0.3) is 10.9 Å². The van der Waals surface area contributed by atoms with Crippen molar-refractivity contribution in [1.29, 1.82) is 0 Å². The minimum atomic E-state index is -1.09. The standard InChI is InChI=1S/C27H29BN2O6.Zn/c31-26(32)23-8-6-16-5-7-21(15-24(16)30-23)28(35)36-11-1-2-17-12-19-4-3-18(17)13-22(19)20-9-10-29-25(14-20)27(33)34;/h5-10,14-15,17-19,22,35H,1-4,11-13H2,(H,31,32)(H,33,34);. The van der Waals surface area contributed by atoms with E-state index in [4.69, 9.17) is 9.76 Å². The molecule has 2 heterocycles. The van der Waals surface area contributed by atoms with Crippen LogP contribution in [-0.4, -0.2) is 50.9 Å². The number of carboxylic acids is 2. The van der Waals surface area contributed by atoms with Crippen molar-refractivity contribution >= 4 is 35.4 Å². The Bertz CT molecular complexity index is 1290. The minimum absolute atomic E-state index is 0. The molecule has 2 bridgehead atoms. The number of carbonyl (C=O) groups is 2. The molecule has 0 aliphatic heterocycles. The van der Waals surface area contributed by atoms with Crippen LogP contribution < -0.4 is 5.46 Å². The van der Waals surface area contributed by atoms with E-state index in [2.05, 4.69) is 9.97 Å². The van der Waals surface area contributed by atoms with E-state index in [1.165, 1.54) is 18.9 Å². The minimum Gasteiger partial charge on any atom is -0.477 e. The molecule has 4 unspecified atom stereocenters. The van der Waals surface area contributed by atoms with Gasteiger partial charge in [-0.2, -0.15) is 0 Å². The summed E-state index contributed by atoms with van der Waals surface area (Å²) < 4.78 is 5.70. The Morgan fingerprint density at radius 1 is 0.973 bits per heavy atom. The van der Waals surface area contributed by atoms with E-state index in [0.29, 0.717) is 41.3 Å². The second kappa shape index (κ2) is 11.8. The Labute approximate surface area is 228 Å². The molecule has 10 heteroatoms. The average molecular weight is 554 g/mol. The molecular weight excluding hydrogens is 525 g/mol. The van der Waals surface area contributed by atoms with Crippen molar-refractivity contribution in [2.24, 2.45) is 17.8 Å². The van der Waals surface area contributed by atoms with Gasteiger partial charge in [0.2, 0.25) is 0 Å². The maximum Gasteiger partial charge on any atom is 0.491 e. The maximum absolute atomic E-state index is 11.3. The number of nitrogens with zero attached hydrogens (tertiary/aromatic N) is 2. The quantitative estimate of drug-likeness (QED) is 0.270. The van der Waals surface area contributed by atoms with E-state index in [0.717, 1.165) is 36.6 Å². The summed E-state index contributed by atoms with van der Waals surface area (Å²) in [5, 5.41) is 29.7. The molecule has 3 saturated carbocycles. The summed E-state index contributed by atoms with van der Waals surface area (Å²) in [6.45, 7) is 0.436. The Morgan fingerprint density at radius 3 is 2.46 bits per heavy atom. The number of rotatable bonds is 9. The molecule has 0 radical (unpaired) electrons. The third-order valence-electron chi connectivity index (χ3n) is 7.95. The van der Waals surface area contributed by atoms with E-state index in [-0.39, 0.29) is 30.9 Å². The number of fused-ring (bicyclic) bond motifs is 4. The van der Waals surface area contributed by atoms with Gasteiger partial charge in [-0.15, -0.1) is 0 Å². The monoisotopic (exact) mass is 552 g/mol. The van der Waals surface area contributed by atoms with Crippen molar-refractivity contribution in [3.05, 3.63) is 65.6 Å². The van der Waals surface area contributed by atoms with Gasteiger partial charge in [0.05, 0.1) is 5.52 Å². The van der Waals surface area contributed by atoms with E-state index < -0.39 is 19.1 Å². The molecule has 0 saturated heterocycles. The summed E-state index contributed by atoms with van der Waals surface area (Å²) >= 11 is 0. The average Bonchev–Trinajstić information content (AvgIpc) is 2.90. The van der Waals surface area contributed by atoms with E-state index in [1.54, 1.807) is 36.5 Å². The molecule has 8 nitrogen and oxygen atoms in total. The van der Waals surface area contributed by atoms with Crippen LogP contribution in [0.4, 0.5) is 0 Å². The zero-order chi connectivity index (χ0) is 25.2. The smallest absolute Gasteiger partial charge is 0.477 e. The van der Waals surface area contributed by atoms with Gasteiger partial charge in [0.15, 0.2) is 0 Å². The summed E-state index contributed by atoms with van der Waals surface area (Å²) in [6, 6.07) is 12.1. The number of hydrogen-bond donors (Lipinski definition) is 3. The van der Waals surface area contributed by atoms with E-state index >= 15 is 0 Å². The third-order valence-corrected chi connectivity index (χ3v) is 7.95. The fourth-order valence-corrected chi connectivity index (χ4v) is 6.16. The molecule has 188 valence electrons. The topological polar surface area (TPSA) is 130 Å². The van der Waals surface area contributed by atoms with Gasteiger partial charge in [-0.3, -0.25) is 0 Å². The van der Waals surface area contributed by atoms with Gasteiger partial charge in [0, 0.05) is 37.7 Å². The molecule has 3 N–H and O–H groups in total. The van der Waals surface area contributed by atoms with Gasteiger partial charge in [-0.25, -0.2) is 19.6 Å². The van der Waals surface area contributed by atoms with Crippen LogP contribution in [0.3, 0.4) is 0 Å². The van der Waals surface area contributed by atoms with Crippen molar-refractivity contribution in [2.75, 3.05) is 6.61 Å². The molecule has 3 aliphatic carbocycles. The first-order valence-corrected chi connectivity index (χ1v) is 12.5. The van der Waals surface area contributed by atoms with Gasteiger partial charge in [0.1, 0.15) is 11.4 Å². The first-order chi connectivity index (χ1) is 17.4. The number of aromatic carboxylic acids is 2. The molecule has 0 amide bonds. The van der Waals surface area contributed by atoms with Gasteiger partial charge in [-0.05, 0) is 97.5 Å². The second-order valence-corrected chi connectivity index (χ2v) is 10.0. The van der Waals surface area contributed by atoms with E-state index in [1.807, 2.05) is 6.07 Å². The van der Waals surface area contributed by atoms with Crippen LogP contribution in [0, 0.1) is 17.8 Å². The molecule has 3 aromatic rings. The second-order valence-electron chi connectivity index (χ2n) is 10.0. The molecule has 4 atom stereocenters. The predicted molar refractivity (Wildman–Crippen MR) is 134 cm³/mol. The molecule has 37 heavy (non-hydrogen) atoms. The number of pyridine rings is 2. The fraction of sp³-hybridized carbons (Fsp3) is 0.407. The Balaban J connectivity index is 0.00000320. The van der Waals surface area contributed by atoms with Crippen LogP contribution in [0.2, 0.25) is 0 Å². The van der Waals surface area contributed by atoms with E-state index in [9.17, 15) is 19.7 Å². The third kappa shape index (κ3) is 6.08. The molecule has 6 rings (SSSR count). The van der Waals surface area contributed by atoms with Gasteiger partial charge >= 0.3 is 19.1 Å². The molecule has 3 aliphatic rings. The Morgan fingerprint density at radius 2 is 1.73 bits per heavy atom. The largest absolute Gasteiger partial charge is 0.491 e. The number of hydrogen-bond acceptors (Lipinski definition) is 6. The summed E-state index contributed by atoms with van der Waals surface area (Å²) in [5.41, 5.74) is 2.24. The van der Waals surface area contributed by atoms with Crippen LogP contribution in [-0.2, 0) is 24.1 Å². The number of benzene rings is 1. The van der Waals surface area contributed by atoms with Gasteiger partial charge in [-0.1, -0.05) is 18.2 Å². The van der Waals surface area contributed by atoms with Crippen LogP contribution in [0.1, 0.15) is 71.0 Å². The summed E-state index contributed by atoms with van der Waals surface area (Å²) in [7, 11) is -1.09. The molecule has 2 aromatic heterocycles. The van der Waals surface area contributed by atoms with Crippen LogP contribution >= 0.6 is 0 Å². The van der Waals surface area contributed by atoms with Crippen molar-refractivity contribution in [1.82, 2.24) is 9.97 Å². The molecular formula is C27H29BN2O6Zn. The Hall–Kier alpha value is -2.67. The van der Waals surface area contributed by atoms with Crippen molar-refractivity contribution < 1.29 is 49.0 Å². The zero-order valence-electron chi connectivity index (χ0n) is 20.6. The van der Waals surface area contributed by atoms with Crippen LogP contribution in [0.5, 0.6) is 0 Å². The number of aromatic nitrogens is 2. The summed E-state index contributed by atoms with van der Waals surface area (Å²) in [4.78, 5) is 30.6. The fourth-order valence-electron chi connectivity index (χ4n) is 6.16. The first-order valence-electron chi connectivity index (χ1n) is 12.5. The maximum atomic E-state index is 11.3. The van der Waals surface area contributed by atoms with Gasteiger partial charge in [0.25, 0.3) is 0 Å². The van der Waals surface area contributed by atoms with Gasteiger partial charge < -0.3 is 19.9 Å². The molecule has 0 spiro atoms. The van der Waals surface area contributed by atoms with Crippen molar-refractivity contribution in [3.8, 4) is 0 Å².